The van der Waals surface area contributed by atoms with E-state index in [2.05, 4.69) is 34.5 Å². The molecule has 2 aliphatic rings. The van der Waals surface area contributed by atoms with Crippen molar-refractivity contribution in [2.45, 2.75) is 25.1 Å². The summed E-state index contributed by atoms with van der Waals surface area (Å²) in [5.41, 5.74) is 1.28. The number of hydrogen-bond acceptors (Lipinski definition) is 4. The van der Waals surface area contributed by atoms with Crippen molar-refractivity contribution in [1.29, 1.82) is 0 Å². The molecule has 1 N–H and O–H groups in total. The molecule has 7 heteroatoms. The molecule has 1 aromatic carbocycles. The highest BCUT2D eigenvalue weighted by molar-refractivity contribution is 5.85. The van der Waals surface area contributed by atoms with Crippen LogP contribution in [0.15, 0.2) is 30.3 Å². The van der Waals surface area contributed by atoms with Gasteiger partial charge in [-0.15, -0.1) is 24.8 Å². The number of likely N-dealkylation sites (N-methyl/N-ethyl adjacent to an activating group) is 1. The number of ether oxygens (including phenoxy) is 1. The summed E-state index contributed by atoms with van der Waals surface area (Å²) in [4.78, 5) is 16.8. The number of morpholine rings is 1. The van der Waals surface area contributed by atoms with Crippen LogP contribution in [0.25, 0.3) is 0 Å². The van der Waals surface area contributed by atoms with Gasteiger partial charge in [-0.25, -0.2) is 0 Å². The Morgan fingerprint density at radius 1 is 1.33 bits per heavy atom. The van der Waals surface area contributed by atoms with Crippen molar-refractivity contribution < 1.29 is 9.53 Å². The van der Waals surface area contributed by atoms with Crippen molar-refractivity contribution in [3.05, 3.63) is 35.9 Å². The van der Waals surface area contributed by atoms with Crippen LogP contribution in [0.4, 0.5) is 0 Å². The summed E-state index contributed by atoms with van der Waals surface area (Å²) in [7, 11) is 1.90. The smallest absolute Gasteiger partial charge is 0.253 e. The summed E-state index contributed by atoms with van der Waals surface area (Å²) in [6, 6.07) is 10.7. The highest BCUT2D eigenvalue weighted by atomic mass is 35.5. The van der Waals surface area contributed by atoms with Gasteiger partial charge in [-0.1, -0.05) is 30.3 Å². The van der Waals surface area contributed by atoms with Crippen LogP contribution in [-0.4, -0.2) is 67.7 Å². The molecule has 24 heavy (non-hydrogen) atoms. The lowest BCUT2D eigenvalue weighted by molar-refractivity contribution is -0.150. The van der Waals surface area contributed by atoms with Gasteiger partial charge in [0.15, 0.2) is 0 Å². The Morgan fingerprint density at radius 2 is 2.08 bits per heavy atom. The minimum Gasteiger partial charge on any atom is -0.366 e. The summed E-state index contributed by atoms with van der Waals surface area (Å²) in [5, 5.41) is 3.31. The molecule has 2 atom stereocenters. The van der Waals surface area contributed by atoms with Crippen LogP contribution in [0.2, 0.25) is 0 Å². The van der Waals surface area contributed by atoms with Gasteiger partial charge < -0.3 is 15.0 Å². The normalized spacial score (nSPS) is 23.9. The predicted molar refractivity (Wildman–Crippen MR) is 100.0 cm³/mol. The molecule has 136 valence electrons. The molecule has 0 saturated carbocycles. The Balaban J connectivity index is 0.00000144. The van der Waals surface area contributed by atoms with Crippen molar-refractivity contribution in [2.24, 2.45) is 0 Å². The number of benzene rings is 1. The first-order valence-corrected chi connectivity index (χ1v) is 8.09. The minimum absolute atomic E-state index is 0. The maximum absolute atomic E-state index is 12.6. The topological polar surface area (TPSA) is 44.8 Å². The zero-order valence-corrected chi connectivity index (χ0v) is 15.7. The van der Waals surface area contributed by atoms with E-state index in [9.17, 15) is 4.79 Å². The molecule has 2 heterocycles. The van der Waals surface area contributed by atoms with Gasteiger partial charge in [-0.2, -0.15) is 0 Å². The number of carbonyl (C=O) groups excluding carboxylic acids is 1. The lowest BCUT2D eigenvalue weighted by atomic mass is 10.1. The summed E-state index contributed by atoms with van der Waals surface area (Å²) in [6.07, 6.45) is 0.700. The summed E-state index contributed by atoms with van der Waals surface area (Å²) in [6.45, 7) is 4.95. The van der Waals surface area contributed by atoms with Crippen LogP contribution < -0.4 is 5.32 Å². The van der Waals surface area contributed by atoms with E-state index in [1.165, 1.54) is 5.56 Å². The highest BCUT2D eigenvalue weighted by Crippen LogP contribution is 2.14. The Kier molecular flexibility index (Phi) is 9.02. The summed E-state index contributed by atoms with van der Waals surface area (Å²) < 4.78 is 5.74. The standard InChI is InChI=1S/C17H25N3O2.2ClH/c1-19(15-7-8-18-11-15)17(21)16-13-20(9-10-22-16)12-14-5-3-2-4-6-14;;/h2-6,15-16,18H,7-13H2,1H3;2*1H. The number of nitrogens with zero attached hydrogens (tertiary/aromatic N) is 2. The monoisotopic (exact) mass is 375 g/mol. The average molecular weight is 376 g/mol. The van der Waals surface area contributed by atoms with E-state index in [-0.39, 0.29) is 36.8 Å². The second-order valence-corrected chi connectivity index (χ2v) is 6.18. The van der Waals surface area contributed by atoms with E-state index in [0.717, 1.165) is 32.6 Å². The maximum Gasteiger partial charge on any atom is 0.253 e. The van der Waals surface area contributed by atoms with Crippen LogP contribution in [0.5, 0.6) is 0 Å². The number of halogens is 2. The lowest BCUT2D eigenvalue weighted by Gasteiger charge is -2.35. The molecule has 1 aromatic rings. The number of hydrogen-bond donors (Lipinski definition) is 1. The molecule has 0 aliphatic carbocycles. The fraction of sp³-hybridized carbons (Fsp3) is 0.588. The van der Waals surface area contributed by atoms with Crippen molar-refractivity contribution in [1.82, 2.24) is 15.1 Å². The van der Waals surface area contributed by atoms with Crippen molar-refractivity contribution in [3.8, 4) is 0 Å². The molecule has 2 aliphatic heterocycles. The van der Waals surface area contributed by atoms with Gasteiger partial charge in [-0.3, -0.25) is 9.69 Å². The number of rotatable bonds is 4. The van der Waals surface area contributed by atoms with E-state index >= 15 is 0 Å². The van der Waals surface area contributed by atoms with E-state index < -0.39 is 0 Å². The summed E-state index contributed by atoms with van der Waals surface area (Å²) >= 11 is 0. The third-order valence-electron chi connectivity index (χ3n) is 4.60. The number of amides is 1. The predicted octanol–water partition coefficient (Wildman–Crippen LogP) is 1.55. The van der Waals surface area contributed by atoms with Crippen LogP contribution in [0.3, 0.4) is 0 Å². The van der Waals surface area contributed by atoms with Crippen LogP contribution in [-0.2, 0) is 16.1 Å². The molecular weight excluding hydrogens is 349 g/mol. The molecule has 2 saturated heterocycles. The first-order valence-electron chi connectivity index (χ1n) is 8.09. The molecule has 1 amide bonds. The Morgan fingerprint density at radius 3 is 2.75 bits per heavy atom. The molecule has 2 unspecified atom stereocenters. The SMILES string of the molecule is CN(C(=O)C1CN(Cc2ccccc2)CCO1)C1CCNC1.Cl.Cl. The van der Waals surface area contributed by atoms with Crippen LogP contribution >= 0.6 is 24.8 Å². The molecule has 0 bridgehead atoms. The Hall–Kier alpha value is -0.850. The molecule has 0 radical (unpaired) electrons. The molecular formula is C17H27Cl2N3O2. The summed E-state index contributed by atoms with van der Waals surface area (Å²) in [5.74, 6) is 0.117. The molecule has 2 fully saturated rings. The van der Waals surface area contributed by atoms with Gasteiger partial charge in [0, 0.05) is 39.3 Å². The fourth-order valence-corrected chi connectivity index (χ4v) is 3.21. The quantitative estimate of drug-likeness (QED) is 0.866. The average Bonchev–Trinajstić information content (AvgIpc) is 3.09. The van der Waals surface area contributed by atoms with Gasteiger partial charge in [0.05, 0.1) is 6.61 Å². The van der Waals surface area contributed by atoms with Gasteiger partial charge >= 0.3 is 0 Å². The molecule has 0 spiro atoms. The molecule has 3 rings (SSSR count). The molecule has 0 aromatic heterocycles. The zero-order valence-electron chi connectivity index (χ0n) is 14.0. The van der Waals surface area contributed by atoms with Crippen molar-refractivity contribution in [3.63, 3.8) is 0 Å². The van der Waals surface area contributed by atoms with E-state index in [0.29, 0.717) is 19.2 Å². The highest BCUT2D eigenvalue weighted by Gasteiger charge is 2.32. The zero-order chi connectivity index (χ0) is 15.4. The Bertz CT molecular complexity index is 498. The maximum atomic E-state index is 12.6. The largest absolute Gasteiger partial charge is 0.366 e. The van der Waals surface area contributed by atoms with Gasteiger partial charge in [0.2, 0.25) is 0 Å². The van der Waals surface area contributed by atoms with E-state index in [1.807, 2.05) is 18.0 Å². The Labute approximate surface area is 156 Å². The molecule has 5 nitrogen and oxygen atoms in total. The van der Waals surface area contributed by atoms with E-state index in [4.69, 9.17) is 4.74 Å². The second kappa shape index (κ2) is 10.2. The number of carbonyl (C=O) groups is 1. The fourth-order valence-electron chi connectivity index (χ4n) is 3.21. The van der Waals surface area contributed by atoms with Gasteiger partial charge in [0.1, 0.15) is 6.10 Å². The van der Waals surface area contributed by atoms with E-state index in [1.54, 1.807) is 0 Å². The lowest BCUT2D eigenvalue weighted by Crippen LogP contribution is -2.52. The van der Waals surface area contributed by atoms with Crippen molar-refractivity contribution >= 4 is 30.7 Å². The number of nitrogens with one attached hydrogen (secondary N) is 1. The second-order valence-electron chi connectivity index (χ2n) is 6.18. The van der Waals surface area contributed by atoms with Crippen LogP contribution in [0.1, 0.15) is 12.0 Å². The van der Waals surface area contributed by atoms with Crippen LogP contribution in [0, 0.1) is 0 Å². The van der Waals surface area contributed by atoms with Gasteiger partial charge in [-0.05, 0) is 18.5 Å². The third-order valence-corrected chi connectivity index (χ3v) is 4.60. The minimum atomic E-state index is -0.330. The van der Waals surface area contributed by atoms with Crippen molar-refractivity contribution in [2.75, 3.05) is 39.8 Å². The third kappa shape index (κ3) is 5.33. The first-order chi connectivity index (χ1) is 10.7. The first kappa shape index (κ1) is 21.2. The van der Waals surface area contributed by atoms with Gasteiger partial charge in [0.25, 0.3) is 5.91 Å².